The first-order valence-electron chi connectivity index (χ1n) is 6.76. The van der Waals surface area contributed by atoms with Crippen molar-refractivity contribution in [3.8, 4) is 0 Å². The van der Waals surface area contributed by atoms with Crippen molar-refractivity contribution in [2.24, 2.45) is 28.6 Å². The fourth-order valence-electron chi connectivity index (χ4n) is 5.13. The van der Waals surface area contributed by atoms with E-state index in [0.29, 0.717) is 5.57 Å². The standard InChI is InChI=1S/C15H20O3/c1-7-5-6-9-14(3,4)10-8(2)11(16)13(18)15(7,9)12(10)17/h7,9-10,16H,5-6H2,1-4H3. The van der Waals surface area contributed by atoms with Crippen LogP contribution in [0.4, 0.5) is 0 Å². The average molecular weight is 248 g/mol. The number of hydrogen-bond acceptors (Lipinski definition) is 3. The first-order valence-corrected chi connectivity index (χ1v) is 6.76. The molecule has 0 heterocycles. The lowest BCUT2D eigenvalue weighted by molar-refractivity contribution is -0.144. The van der Waals surface area contributed by atoms with Crippen molar-refractivity contribution in [1.29, 1.82) is 0 Å². The van der Waals surface area contributed by atoms with E-state index in [2.05, 4.69) is 13.8 Å². The van der Waals surface area contributed by atoms with Gasteiger partial charge in [-0.1, -0.05) is 20.8 Å². The van der Waals surface area contributed by atoms with Crippen molar-refractivity contribution in [2.45, 2.75) is 40.5 Å². The summed E-state index contributed by atoms with van der Waals surface area (Å²) in [5.41, 5.74) is -0.550. The summed E-state index contributed by atoms with van der Waals surface area (Å²) < 4.78 is 0. The van der Waals surface area contributed by atoms with E-state index >= 15 is 0 Å². The van der Waals surface area contributed by atoms with Crippen LogP contribution in [0.15, 0.2) is 11.3 Å². The van der Waals surface area contributed by atoms with Crippen LogP contribution < -0.4 is 0 Å². The summed E-state index contributed by atoms with van der Waals surface area (Å²) in [6.45, 7) is 7.88. The highest BCUT2D eigenvalue weighted by Crippen LogP contribution is 2.68. The second-order valence-corrected chi connectivity index (χ2v) is 6.88. The molecular weight excluding hydrogens is 228 g/mol. The Labute approximate surface area is 107 Å². The second-order valence-electron chi connectivity index (χ2n) is 6.88. The average Bonchev–Trinajstić information content (AvgIpc) is 2.70. The maximum atomic E-state index is 12.8. The van der Waals surface area contributed by atoms with Gasteiger partial charge >= 0.3 is 0 Å². The molecule has 2 saturated carbocycles. The number of aliphatic hydroxyl groups is 1. The van der Waals surface area contributed by atoms with Crippen molar-refractivity contribution in [1.82, 2.24) is 0 Å². The Morgan fingerprint density at radius 2 is 1.83 bits per heavy atom. The first-order chi connectivity index (χ1) is 8.27. The zero-order chi connectivity index (χ0) is 13.5. The van der Waals surface area contributed by atoms with Crippen LogP contribution in [-0.4, -0.2) is 16.7 Å². The zero-order valence-corrected chi connectivity index (χ0v) is 11.4. The Kier molecular flexibility index (Phi) is 2.03. The van der Waals surface area contributed by atoms with Gasteiger partial charge in [0.25, 0.3) is 0 Å². The van der Waals surface area contributed by atoms with Gasteiger partial charge in [-0.05, 0) is 42.6 Å². The molecule has 0 aromatic rings. The highest BCUT2D eigenvalue weighted by Gasteiger charge is 2.74. The van der Waals surface area contributed by atoms with Gasteiger partial charge in [-0.25, -0.2) is 0 Å². The Balaban J connectivity index is 2.34. The maximum Gasteiger partial charge on any atom is 0.211 e. The molecule has 3 aliphatic rings. The third kappa shape index (κ3) is 0.918. The summed E-state index contributed by atoms with van der Waals surface area (Å²) in [6, 6.07) is 0. The molecule has 2 fully saturated rings. The van der Waals surface area contributed by atoms with Crippen molar-refractivity contribution in [3.05, 3.63) is 11.3 Å². The van der Waals surface area contributed by atoms with E-state index in [4.69, 9.17) is 0 Å². The minimum Gasteiger partial charge on any atom is -0.504 e. The lowest BCUT2D eigenvalue weighted by Gasteiger charge is -2.33. The lowest BCUT2D eigenvalue weighted by atomic mass is 9.66. The van der Waals surface area contributed by atoms with E-state index in [-0.39, 0.29) is 40.5 Å². The molecule has 0 amide bonds. The fraction of sp³-hybridized carbons (Fsp3) is 0.733. The normalized spacial score (nSPS) is 45.7. The molecule has 1 spiro atoms. The summed E-state index contributed by atoms with van der Waals surface area (Å²) >= 11 is 0. The number of hydrogen-bond donors (Lipinski definition) is 1. The minimum absolute atomic E-state index is 0.0574. The molecule has 0 radical (unpaired) electrons. The van der Waals surface area contributed by atoms with Gasteiger partial charge in [0.1, 0.15) is 5.41 Å². The molecule has 98 valence electrons. The van der Waals surface area contributed by atoms with Crippen LogP contribution in [0.2, 0.25) is 0 Å². The maximum absolute atomic E-state index is 12.8. The Bertz CT molecular complexity index is 500. The van der Waals surface area contributed by atoms with E-state index in [1.165, 1.54) is 0 Å². The third-order valence-electron chi connectivity index (χ3n) is 5.92. The van der Waals surface area contributed by atoms with Crippen LogP contribution in [-0.2, 0) is 9.59 Å². The highest BCUT2D eigenvalue weighted by atomic mass is 16.3. The SMILES string of the molecule is CC1=C(O)C(=O)C23C(=O)C1C(C)(C)C2CCC3C. The molecule has 0 saturated heterocycles. The van der Waals surface area contributed by atoms with E-state index in [0.717, 1.165) is 12.8 Å². The number of rotatable bonds is 0. The van der Waals surface area contributed by atoms with Crippen LogP contribution in [0.1, 0.15) is 40.5 Å². The van der Waals surface area contributed by atoms with Crippen molar-refractivity contribution in [2.75, 3.05) is 0 Å². The molecule has 0 aromatic heterocycles. The van der Waals surface area contributed by atoms with Crippen LogP contribution in [0.3, 0.4) is 0 Å². The number of allylic oxidation sites excluding steroid dienone is 2. The molecule has 18 heavy (non-hydrogen) atoms. The van der Waals surface area contributed by atoms with Gasteiger partial charge in [0, 0.05) is 5.92 Å². The Morgan fingerprint density at radius 1 is 1.22 bits per heavy atom. The highest BCUT2D eigenvalue weighted by molar-refractivity contribution is 6.20. The summed E-state index contributed by atoms with van der Waals surface area (Å²) in [6.07, 6.45) is 1.83. The molecular formula is C15H20O3. The number of ketones is 2. The van der Waals surface area contributed by atoms with Crippen LogP contribution in [0.25, 0.3) is 0 Å². The van der Waals surface area contributed by atoms with E-state index in [9.17, 15) is 14.7 Å². The van der Waals surface area contributed by atoms with E-state index < -0.39 is 5.41 Å². The molecule has 4 atom stereocenters. The molecule has 0 aromatic carbocycles. The zero-order valence-electron chi connectivity index (χ0n) is 11.4. The Morgan fingerprint density at radius 3 is 2.44 bits per heavy atom. The smallest absolute Gasteiger partial charge is 0.211 e. The first kappa shape index (κ1) is 11.9. The summed E-state index contributed by atoms with van der Waals surface area (Å²) in [5, 5.41) is 10.1. The molecule has 3 nitrogen and oxygen atoms in total. The summed E-state index contributed by atoms with van der Waals surface area (Å²) in [5.74, 6) is -0.497. The van der Waals surface area contributed by atoms with Gasteiger partial charge < -0.3 is 5.11 Å². The predicted molar refractivity (Wildman–Crippen MR) is 66.9 cm³/mol. The summed E-state index contributed by atoms with van der Waals surface area (Å²) in [4.78, 5) is 25.4. The molecule has 1 N–H and O–H groups in total. The molecule has 0 aliphatic heterocycles. The molecule has 4 unspecified atom stereocenters. The van der Waals surface area contributed by atoms with Gasteiger partial charge in [-0.3, -0.25) is 9.59 Å². The number of fused-ring (bicyclic) bond motifs is 1. The van der Waals surface area contributed by atoms with Gasteiger partial charge in [0.05, 0.1) is 0 Å². The minimum atomic E-state index is -0.919. The van der Waals surface area contributed by atoms with E-state index in [1.807, 2.05) is 6.92 Å². The topological polar surface area (TPSA) is 54.4 Å². The van der Waals surface area contributed by atoms with Gasteiger partial charge in [-0.15, -0.1) is 0 Å². The second kappa shape index (κ2) is 3.06. The van der Waals surface area contributed by atoms with Gasteiger partial charge in [0.15, 0.2) is 11.5 Å². The van der Waals surface area contributed by atoms with Crippen molar-refractivity contribution < 1.29 is 14.7 Å². The molecule has 2 bridgehead atoms. The molecule has 3 heteroatoms. The predicted octanol–water partition coefficient (Wildman–Crippen LogP) is 2.66. The van der Waals surface area contributed by atoms with E-state index in [1.54, 1.807) is 6.92 Å². The third-order valence-corrected chi connectivity index (χ3v) is 5.92. The van der Waals surface area contributed by atoms with Crippen LogP contribution >= 0.6 is 0 Å². The monoisotopic (exact) mass is 248 g/mol. The molecule has 3 aliphatic carbocycles. The fourth-order valence-corrected chi connectivity index (χ4v) is 5.13. The van der Waals surface area contributed by atoms with Gasteiger partial charge in [-0.2, -0.15) is 0 Å². The number of aliphatic hydroxyl groups excluding tert-OH is 1. The lowest BCUT2D eigenvalue weighted by Crippen LogP contribution is -2.47. The van der Waals surface area contributed by atoms with Crippen LogP contribution in [0, 0.1) is 28.6 Å². The number of carbonyl (C=O) groups excluding carboxylic acids is 2. The van der Waals surface area contributed by atoms with Crippen molar-refractivity contribution >= 4 is 11.6 Å². The van der Waals surface area contributed by atoms with Gasteiger partial charge in [0.2, 0.25) is 5.78 Å². The quantitative estimate of drug-likeness (QED) is 0.670. The Hall–Kier alpha value is -1.12. The molecule has 3 rings (SSSR count). The number of carbonyl (C=O) groups is 2. The number of Topliss-reactive ketones (excluding diaryl/α,β-unsaturated/α-hetero) is 2. The van der Waals surface area contributed by atoms with Crippen molar-refractivity contribution in [3.63, 3.8) is 0 Å². The summed E-state index contributed by atoms with van der Waals surface area (Å²) in [7, 11) is 0. The van der Waals surface area contributed by atoms with Crippen LogP contribution in [0.5, 0.6) is 0 Å². The largest absolute Gasteiger partial charge is 0.504 e.